The largest absolute Gasteiger partial charge is 0.272 e. The molecule has 6 nitrogen and oxygen atoms in total. The summed E-state index contributed by atoms with van der Waals surface area (Å²) in [7, 11) is 0. The Labute approximate surface area is 92.0 Å². The van der Waals surface area contributed by atoms with E-state index in [1.165, 1.54) is 6.07 Å². The molecule has 0 saturated carbocycles. The topological polar surface area (TPSA) is 91.9 Å². The fourth-order valence-corrected chi connectivity index (χ4v) is 1.20. The van der Waals surface area contributed by atoms with Crippen LogP contribution in [0.3, 0.4) is 0 Å². The number of aryl methyl sites for hydroxylation is 1. The first-order chi connectivity index (χ1) is 7.65. The summed E-state index contributed by atoms with van der Waals surface area (Å²) in [6, 6.07) is 4.95. The van der Waals surface area contributed by atoms with Crippen LogP contribution in [0.15, 0.2) is 29.4 Å². The molecule has 0 fully saturated rings. The fraction of sp³-hybridized carbons (Fsp3) is 0.200. The molecule has 82 valence electrons. The van der Waals surface area contributed by atoms with Crippen LogP contribution >= 0.6 is 0 Å². The minimum atomic E-state index is -0.417. The Kier molecular flexibility index (Phi) is 4.06. The van der Waals surface area contributed by atoms with Gasteiger partial charge in [0.25, 0.3) is 5.69 Å². The van der Waals surface area contributed by atoms with Gasteiger partial charge < -0.3 is 0 Å². The molecule has 0 atom stereocenters. The Morgan fingerprint density at radius 1 is 1.62 bits per heavy atom. The zero-order valence-corrected chi connectivity index (χ0v) is 8.70. The molecule has 0 aliphatic rings. The maximum atomic E-state index is 10.7. The van der Waals surface area contributed by atoms with Crippen LogP contribution in [0.5, 0.6) is 0 Å². The predicted octanol–water partition coefficient (Wildman–Crippen LogP) is 3.23. The van der Waals surface area contributed by atoms with Crippen molar-refractivity contribution in [2.75, 3.05) is 6.54 Å². The summed E-state index contributed by atoms with van der Waals surface area (Å²) in [5.74, 6) is 0. The van der Waals surface area contributed by atoms with Crippen molar-refractivity contribution in [3.05, 3.63) is 56.0 Å². The van der Waals surface area contributed by atoms with E-state index in [1.807, 2.05) is 0 Å². The van der Waals surface area contributed by atoms with Crippen molar-refractivity contribution in [1.82, 2.24) is 0 Å². The minimum absolute atomic E-state index is 0.0888. The second kappa shape index (κ2) is 5.53. The second-order valence-corrected chi connectivity index (χ2v) is 3.12. The average molecular weight is 218 g/mol. The SMILES string of the molecule is Cc1ccc(C=CCN=[N+]=[N-])cc1[N+](=O)[O-]. The van der Waals surface area contributed by atoms with Crippen LogP contribution in [-0.4, -0.2) is 11.5 Å². The van der Waals surface area contributed by atoms with Crippen molar-refractivity contribution in [2.24, 2.45) is 5.11 Å². The summed E-state index contributed by atoms with van der Waals surface area (Å²) in [5, 5.41) is 14.0. The van der Waals surface area contributed by atoms with E-state index in [-0.39, 0.29) is 12.2 Å². The van der Waals surface area contributed by atoms with Gasteiger partial charge in [-0.1, -0.05) is 29.4 Å². The van der Waals surface area contributed by atoms with E-state index in [1.54, 1.807) is 31.2 Å². The van der Waals surface area contributed by atoms with E-state index >= 15 is 0 Å². The highest BCUT2D eigenvalue weighted by Gasteiger charge is 2.09. The van der Waals surface area contributed by atoms with Crippen molar-refractivity contribution in [1.29, 1.82) is 0 Å². The van der Waals surface area contributed by atoms with E-state index in [9.17, 15) is 10.1 Å². The molecule has 0 aromatic heterocycles. The lowest BCUT2D eigenvalue weighted by Crippen LogP contribution is -1.91. The van der Waals surface area contributed by atoms with Gasteiger partial charge in [-0.15, -0.1) is 0 Å². The molecule has 0 aliphatic carbocycles. The van der Waals surface area contributed by atoms with Gasteiger partial charge in [-0.05, 0) is 18.0 Å². The van der Waals surface area contributed by atoms with Gasteiger partial charge in [-0.25, -0.2) is 0 Å². The monoisotopic (exact) mass is 218 g/mol. The first-order valence-electron chi connectivity index (χ1n) is 4.57. The normalized spacial score (nSPS) is 10.1. The Morgan fingerprint density at radius 3 is 3.00 bits per heavy atom. The molecule has 0 bridgehead atoms. The van der Waals surface area contributed by atoms with Crippen molar-refractivity contribution < 1.29 is 4.92 Å². The highest BCUT2D eigenvalue weighted by molar-refractivity contribution is 5.56. The Hall–Kier alpha value is -2.33. The summed E-state index contributed by atoms with van der Waals surface area (Å²) >= 11 is 0. The lowest BCUT2D eigenvalue weighted by molar-refractivity contribution is -0.385. The molecule has 0 N–H and O–H groups in total. The second-order valence-electron chi connectivity index (χ2n) is 3.12. The predicted molar refractivity (Wildman–Crippen MR) is 60.9 cm³/mol. The molecule has 0 radical (unpaired) electrons. The number of benzene rings is 1. The van der Waals surface area contributed by atoms with Gasteiger partial charge in [-0.2, -0.15) is 0 Å². The molecule has 1 aromatic rings. The number of nitrogens with zero attached hydrogens (tertiary/aromatic N) is 4. The highest BCUT2D eigenvalue weighted by atomic mass is 16.6. The van der Waals surface area contributed by atoms with Gasteiger partial charge in [0, 0.05) is 23.1 Å². The zero-order valence-electron chi connectivity index (χ0n) is 8.70. The van der Waals surface area contributed by atoms with E-state index in [0.717, 1.165) is 0 Å². The maximum Gasteiger partial charge on any atom is 0.272 e. The van der Waals surface area contributed by atoms with Crippen molar-refractivity contribution >= 4 is 11.8 Å². The summed E-state index contributed by atoms with van der Waals surface area (Å²) < 4.78 is 0. The lowest BCUT2D eigenvalue weighted by Gasteiger charge is -1.98. The third-order valence-corrected chi connectivity index (χ3v) is 1.99. The summed E-state index contributed by atoms with van der Waals surface area (Å²) in [4.78, 5) is 12.8. The molecule has 1 rings (SSSR count). The third-order valence-electron chi connectivity index (χ3n) is 1.99. The number of hydrogen-bond acceptors (Lipinski definition) is 3. The van der Waals surface area contributed by atoms with Crippen LogP contribution in [-0.2, 0) is 0 Å². The van der Waals surface area contributed by atoms with Gasteiger partial charge in [-0.3, -0.25) is 10.1 Å². The molecule has 0 saturated heterocycles. The van der Waals surface area contributed by atoms with Crippen molar-refractivity contribution in [3.8, 4) is 0 Å². The van der Waals surface area contributed by atoms with Gasteiger partial charge in [0.05, 0.1) is 4.92 Å². The zero-order chi connectivity index (χ0) is 12.0. The van der Waals surface area contributed by atoms with Crippen molar-refractivity contribution in [3.63, 3.8) is 0 Å². The first-order valence-corrected chi connectivity index (χ1v) is 4.57. The number of nitro groups is 1. The summed E-state index contributed by atoms with van der Waals surface area (Å²) in [6.45, 7) is 1.92. The quantitative estimate of drug-likeness (QED) is 0.255. The summed E-state index contributed by atoms with van der Waals surface area (Å²) in [6.07, 6.45) is 3.33. The number of hydrogen-bond donors (Lipinski definition) is 0. The smallest absolute Gasteiger partial charge is 0.258 e. The molecule has 16 heavy (non-hydrogen) atoms. The van der Waals surface area contributed by atoms with Crippen LogP contribution in [0.2, 0.25) is 0 Å². The molecule has 0 amide bonds. The highest BCUT2D eigenvalue weighted by Crippen LogP contribution is 2.19. The van der Waals surface area contributed by atoms with Crippen LogP contribution in [0.4, 0.5) is 5.69 Å². The average Bonchev–Trinajstić information content (AvgIpc) is 2.26. The summed E-state index contributed by atoms with van der Waals surface area (Å²) in [5.41, 5.74) is 9.48. The Balaban J connectivity index is 2.90. The number of rotatable bonds is 4. The third kappa shape index (κ3) is 3.11. The first kappa shape index (κ1) is 11.7. The van der Waals surface area contributed by atoms with Crippen molar-refractivity contribution in [2.45, 2.75) is 6.92 Å². The molecule has 6 heteroatoms. The van der Waals surface area contributed by atoms with E-state index in [2.05, 4.69) is 10.0 Å². The molecule has 0 aliphatic heterocycles. The Bertz CT molecular complexity index is 476. The van der Waals surface area contributed by atoms with Crippen LogP contribution < -0.4 is 0 Å². The molecule has 1 aromatic carbocycles. The van der Waals surface area contributed by atoms with Crippen LogP contribution in [0, 0.1) is 17.0 Å². The number of azide groups is 1. The van der Waals surface area contributed by atoms with Crippen LogP contribution in [0.25, 0.3) is 16.5 Å². The molecule has 0 heterocycles. The maximum absolute atomic E-state index is 10.7. The van der Waals surface area contributed by atoms with Crippen LogP contribution in [0.1, 0.15) is 11.1 Å². The van der Waals surface area contributed by atoms with Gasteiger partial charge >= 0.3 is 0 Å². The lowest BCUT2D eigenvalue weighted by atomic mass is 10.1. The van der Waals surface area contributed by atoms with Gasteiger partial charge in [0.15, 0.2) is 0 Å². The van der Waals surface area contributed by atoms with Gasteiger partial charge in [0.2, 0.25) is 0 Å². The number of nitro benzene ring substituents is 1. The van der Waals surface area contributed by atoms with E-state index in [0.29, 0.717) is 11.1 Å². The Morgan fingerprint density at radius 2 is 2.38 bits per heavy atom. The molecular weight excluding hydrogens is 208 g/mol. The standard InChI is InChI=1S/C10H10N4O2/c1-8-4-5-9(3-2-6-12-13-11)7-10(8)14(15)16/h2-5,7H,6H2,1H3. The molecule has 0 spiro atoms. The van der Waals surface area contributed by atoms with Gasteiger partial charge in [0.1, 0.15) is 0 Å². The van der Waals surface area contributed by atoms with E-state index < -0.39 is 4.92 Å². The van der Waals surface area contributed by atoms with E-state index in [4.69, 9.17) is 5.53 Å². The molecular formula is C10H10N4O2. The molecule has 0 unspecified atom stereocenters. The fourth-order valence-electron chi connectivity index (χ4n) is 1.20. The minimum Gasteiger partial charge on any atom is -0.258 e.